The summed E-state index contributed by atoms with van der Waals surface area (Å²) in [5, 5.41) is 2.80. The summed E-state index contributed by atoms with van der Waals surface area (Å²) in [5.74, 6) is 0. The maximum atomic E-state index is 11.9. The summed E-state index contributed by atoms with van der Waals surface area (Å²) in [6.45, 7) is 5.82. The van der Waals surface area contributed by atoms with Crippen molar-refractivity contribution in [3.05, 3.63) is 35.9 Å². The maximum absolute atomic E-state index is 11.9. The van der Waals surface area contributed by atoms with Crippen molar-refractivity contribution in [2.45, 2.75) is 50.5 Å². The zero-order valence-electron chi connectivity index (χ0n) is 13.2. The van der Waals surface area contributed by atoms with Gasteiger partial charge >= 0.3 is 6.09 Å². The number of nitrogens with one attached hydrogen (secondary N) is 1. The molecule has 6 heteroatoms. The van der Waals surface area contributed by atoms with Crippen LogP contribution in [0.25, 0.3) is 0 Å². The van der Waals surface area contributed by atoms with Gasteiger partial charge in [0.25, 0.3) is 0 Å². The van der Waals surface area contributed by atoms with E-state index in [1.165, 1.54) is 0 Å². The molecule has 1 amide bonds. The number of alkyl carbamates (subject to hydrolysis) is 1. The van der Waals surface area contributed by atoms with E-state index in [0.717, 1.165) is 18.4 Å². The van der Waals surface area contributed by atoms with Gasteiger partial charge in [0.1, 0.15) is 17.6 Å². The first-order valence-corrected chi connectivity index (χ1v) is 8.38. The smallest absolute Gasteiger partial charge is 0.408 e. The molecule has 120 valence electrons. The van der Waals surface area contributed by atoms with Crippen molar-refractivity contribution in [3.63, 3.8) is 0 Å². The van der Waals surface area contributed by atoms with E-state index in [4.69, 9.17) is 4.74 Å². The van der Waals surface area contributed by atoms with Gasteiger partial charge in [-0.15, -0.1) is 0 Å². The van der Waals surface area contributed by atoms with Crippen LogP contribution in [0, 0.1) is 0 Å². The summed E-state index contributed by atoms with van der Waals surface area (Å²) in [5.41, 5.74) is 0.444. The predicted molar refractivity (Wildman–Crippen MR) is 88.1 cm³/mol. The normalized spacial score (nSPS) is 18.0. The van der Waals surface area contributed by atoms with Crippen molar-refractivity contribution in [1.29, 1.82) is 0 Å². The van der Waals surface area contributed by atoms with Crippen LogP contribution in [0.3, 0.4) is 0 Å². The second kappa shape index (κ2) is 6.60. The lowest BCUT2D eigenvalue weighted by Gasteiger charge is -2.15. The average Bonchev–Trinajstić information content (AvgIpc) is 3.22. The Morgan fingerprint density at radius 1 is 1.36 bits per heavy atom. The second-order valence-electron chi connectivity index (χ2n) is 6.44. The van der Waals surface area contributed by atoms with Crippen molar-refractivity contribution in [3.8, 4) is 0 Å². The summed E-state index contributed by atoms with van der Waals surface area (Å²) >= 11 is 0. The van der Waals surface area contributed by atoms with Gasteiger partial charge in [0.15, 0.2) is 0 Å². The Morgan fingerprint density at radius 2 is 2.00 bits per heavy atom. The molecule has 0 spiro atoms. The molecule has 1 aliphatic rings. The standard InChI is InChI=1S/C16H22N2O3S/c1-15(2,3)22(20)17-12-16(9-10-16)18-14(19)21-11-13-7-5-4-6-8-13/h4-8,12H,9-11H2,1-3H3,(H,18,19)/b17-12-/t22-/m1/s1. The number of nitrogens with zero attached hydrogens (tertiary/aromatic N) is 1. The third-order valence-corrected chi connectivity index (χ3v) is 4.62. The minimum Gasteiger partial charge on any atom is -0.445 e. The lowest BCUT2D eigenvalue weighted by Crippen LogP contribution is -2.38. The Morgan fingerprint density at radius 3 is 2.55 bits per heavy atom. The quantitative estimate of drug-likeness (QED) is 0.847. The fraction of sp³-hybridized carbons (Fsp3) is 0.500. The van der Waals surface area contributed by atoms with Crippen molar-refractivity contribution in [1.82, 2.24) is 5.32 Å². The van der Waals surface area contributed by atoms with Gasteiger partial charge in [-0.05, 0) is 39.2 Å². The minimum absolute atomic E-state index is 0.230. The summed E-state index contributed by atoms with van der Waals surface area (Å²) in [6, 6.07) is 9.50. The number of benzene rings is 1. The van der Waals surface area contributed by atoms with E-state index >= 15 is 0 Å². The summed E-state index contributed by atoms with van der Waals surface area (Å²) in [7, 11) is -1.31. The van der Waals surface area contributed by atoms with Crippen molar-refractivity contribution < 1.29 is 13.7 Å². The number of rotatable bonds is 5. The van der Waals surface area contributed by atoms with E-state index in [1.807, 2.05) is 51.1 Å². The fourth-order valence-electron chi connectivity index (χ4n) is 1.69. The molecule has 0 radical (unpaired) electrons. The highest BCUT2D eigenvalue weighted by Crippen LogP contribution is 2.34. The molecule has 1 aromatic rings. The lowest BCUT2D eigenvalue weighted by molar-refractivity contribution is 0.137. The Kier molecular flexibility index (Phi) is 5.01. The van der Waals surface area contributed by atoms with Crippen molar-refractivity contribution in [2.75, 3.05) is 0 Å². The third-order valence-electron chi connectivity index (χ3n) is 3.27. The predicted octanol–water partition coefficient (Wildman–Crippen LogP) is 2.98. The summed E-state index contributed by atoms with van der Waals surface area (Å²) in [6.07, 6.45) is 2.70. The molecule has 1 aromatic carbocycles. The molecule has 0 aliphatic heterocycles. The number of carbonyl (C=O) groups is 1. The zero-order chi connectivity index (χ0) is 16.2. The largest absolute Gasteiger partial charge is 0.445 e. The highest BCUT2D eigenvalue weighted by molar-refractivity contribution is 7.85. The van der Waals surface area contributed by atoms with Crippen molar-refractivity contribution >= 4 is 23.3 Å². The summed E-state index contributed by atoms with van der Waals surface area (Å²) < 4.78 is 20.8. The van der Waals surface area contributed by atoms with Crippen LogP contribution in [0.2, 0.25) is 0 Å². The Labute approximate surface area is 133 Å². The molecule has 0 heterocycles. The molecular weight excluding hydrogens is 300 g/mol. The van der Waals surface area contributed by atoms with Crippen LogP contribution in [0.5, 0.6) is 0 Å². The van der Waals surface area contributed by atoms with Crippen LogP contribution >= 0.6 is 0 Å². The third kappa shape index (κ3) is 4.94. The Balaban J connectivity index is 1.83. The molecule has 1 saturated carbocycles. The fourth-order valence-corrected chi connectivity index (χ4v) is 2.30. The number of ether oxygens (including phenoxy) is 1. The molecule has 1 aliphatic carbocycles. The van der Waals surface area contributed by atoms with E-state index in [9.17, 15) is 9.00 Å². The molecule has 0 saturated heterocycles. The van der Waals surface area contributed by atoms with Crippen molar-refractivity contribution in [2.24, 2.45) is 4.40 Å². The first kappa shape index (κ1) is 16.7. The van der Waals surface area contributed by atoms with Crippen LogP contribution in [0.15, 0.2) is 34.7 Å². The minimum atomic E-state index is -1.31. The van der Waals surface area contributed by atoms with E-state index in [2.05, 4.69) is 9.71 Å². The highest BCUT2D eigenvalue weighted by atomic mass is 32.2. The van der Waals surface area contributed by atoms with Gasteiger partial charge in [0, 0.05) is 6.21 Å². The van der Waals surface area contributed by atoms with Crippen LogP contribution in [0.4, 0.5) is 4.79 Å². The van der Waals surface area contributed by atoms with E-state index in [0.29, 0.717) is 0 Å². The van der Waals surface area contributed by atoms with E-state index in [-0.39, 0.29) is 6.61 Å². The topological polar surface area (TPSA) is 67.8 Å². The first-order valence-electron chi connectivity index (χ1n) is 7.27. The molecule has 0 aromatic heterocycles. The highest BCUT2D eigenvalue weighted by Gasteiger charge is 2.43. The van der Waals surface area contributed by atoms with Crippen LogP contribution < -0.4 is 5.32 Å². The molecule has 1 N–H and O–H groups in total. The Bertz CT molecular complexity index is 575. The van der Waals surface area contributed by atoms with Gasteiger partial charge < -0.3 is 10.1 Å². The molecule has 1 fully saturated rings. The number of amides is 1. The Hall–Kier alpha value is -1.69. The molecule has 1 atom stereocenters. The van der Waals surface area contributed by atoms with Gasteiger partial charge in [0.2, 0.25) is 0 Å². The van der Waals surface area contributed by atoms with Gasteiger partial charge in [-0.25, -0.2) is 9.00 Å². The van der Waals surface area contributed by atoms with Gasteiger partial charge in [-0.1, -0.05) is 30.3 Å². The van der Waals surface area contributed by atoms with Gasteiger partial charge in [0.05, 0.1) is 10.3 Å². The van der Waals surface area contributed by atoms with Crippen LogP contribution in [-0.2, 0) is 22.3 Å². The molecule has 0 unspecified atom stereocenters. The zero-order valence-corrected chi connectivity index (χ0v) is 14.0. The lowest BCUT2D eigenvalue weighted by atomic mass is 10.2. The van der Waals surface area contributed by atoms with Crippen LogP contribution in [0.1, 0.15) is 39.2 Å². The molecule has 0 bridgehead atoms. The van der Waals surface area contributed by atoms with Gasteiger partial charge in [-0.3, -0.25) is 0 Å². The van der Waals surface area contributed by atoms with E-state index in [1.54, 1.807) is 6.21 Å². The monoisotopic (exact) mass is 322 g/mol. The summed E-state index contributed by atoms with van der Waals surface area (Å²) in [4.78, 5) is 11.8. The van der Waals surface area contributed by atoms with E-state index < -0.39 is 27.4 Å². The number of hydrogen-bond acceptors (Lipinski definition) is 3. The molecular formula is C16H22N2O3S. The first-order chi connectivity index (χ1) is 10.3. The molecule has 22 heavy (non-hydrogen) atoms. The maximum Gasteiger partial charge on any atom is 0.408 e. The number of hydrogen-bond donors (Lipinski definition) is 1. The SMILES string of the molecule is CC(C)(C)[S@@](=O)/N=C\C1(NC(=O)OCc2ccccc2)CC1. The number of carbonyl (C=O) groups excluding carboxylic acids is 1. The average molecular weight is 322 g/mol. The van der Waals surface area contributed by atoms with Gasteiger partial charge in [-0.2, -0.15) is 4.40 Å². The molecule has 5 nitrogen and oxygen atoms in total. The second-order valence-corrected chi connectivity index (χ2v) is 8.37. The molecule has 2 rings (SSSR count). The van der Waals surface area contributed by atoms with Crippen LogP contribution in [-0.4, -0.2) is 26.8 Å².